The molecule has 0 aromatic rings. The van der Waals surface area contributed by atoms with Gasteiger partial charge in [0.25, 0.3) is 0 Å². The molecule has 1 heteroatoms. The van der Waals surface area contributed by atoms with Crippen LogP contribution in [0.3, 0.4) is 0 Å². The fourth-order valence-electron chi connectivity index (χ4n) is 2.40. The highest BCUT2D eigenvalue weighted by molar-refractivity contribution is 5.58. The fourth-order valence-corrected chi connectivity index (χ4v) is 2.40. The highest BCUT2D eigenvalue weighted by atomic mass is 16.1. The first-order valence-electron chi connectivity index (χ1n) is 5.31. The molecule has 0 aliphatic heterocycles. The number of aldehydes is 1. The van der Waals surface area contributed by atoms with Crippen LogP contribution in [-0.2, 0) is 4.79 Å². The van der Waals surface area contributed by atoms with Crippen molar-refractivity contribution < 1.29 is 4.79 Å². The molecule has 0 aromatic carbocycles. The summed E-state index contributed by atoms with van der Waals surface area (Å²) in [6.45, 7) is 4.64. The van der Waals surface area contributed by atoms with E-state index in [9.17, 15) is 4.79 Å². The van der Waals surface area contributed by atoms with E-state index in [2.05, 4.69) is 19.9 Å². The summed E-state index contributed by atoms with van der Waals surface area (Å²) in [5.74, 6) is 1.03. The Hall–Kier alpha value is -0.590. The maximum atomic E-state index is 10.7. The number of hydrogen-bond acceptors (Lipinski definition) is 1. The second-order valence-electron chi connectivity index (χ2n) is 5.12. The van der Waals surface area contributed by atoms with Crippen LogP contribution in [0.1, 0.15) is 39.5 Å². The van der Waals surface area contributed by atoms with Crippen LogP contribution in [0, 0.1) is 17.3 Å². The third kappa shape index (κ3) is 1.70. The Bertz CT molecular complexity index is 246. The Morgan fingerprint density at radius 2 is 2.08 bits per heavy atom. The second kappa shape index (κ2) is 2.97. The smallest absolute Gasteiger partial charge is 0.126 e. The van der Waals surface area contributed by atoms with Gasteiger partial charge >= 0.3 is 0 Å². The fraction of sp³-hybridized carbons (Fsp3) is 0.750. The summed E-state index contributed by atoms with van der Waals surface area (Å²) in [5.41, 5.74) is 1.93. The van der Waals surface area contributed by atoms with E-state index in [1.54, 1.807) is 5.57 Å². The topological polar surface area (TPSA) is 17.1 Å². The van der Waals surface area contributed by atoms with Crippen molar-refractivity contribution in [3.63, 3.8) is 0 Å². The molecular weight excluding hydrogens is 160 g/mol. The summed E-state index contributed by atoms with van der Waals surface area (Å²) < 4.78 is 0. The maximum Gasteiger partial charge on any atom is 0.126 e. The van der Waals surface area contributed by atoms with Crippen LogP contribution in [0.15, 0.2) is 11.6 Å². The van der Waals surface area contributed by atoms with Gasteiger partial charge in [0, 0.05) is 5.92 Å². The van der Waals surface area contributed by atoms with Gasteiger partial charge in [0.05, 0.1) is 0 Å². The maximum absolute atomic E-state index is 10.7. The van der Waals surface area contributed by atoms with Crippen molar-refractivity contribution in [1.29, 1.82) is 0 Å². The lowest BCUT2D eigenvalue weighted by molar-refractivity contribution is -0.110. The molecule has 0 spiro atoms. The predicted molar refractivity (Wildman–Crippen MR) is 53.4 cm³/mol. The van der Waals surface area contributed by atoms with Crippen LogP contribution in [-0.4, -0.2) is 6.29 Å². The van der Waals surface area contributed by atoms with E-state index in [4.69, 9.17) is 0 Å². The Kier molecular flexibility index (Phi) is 2.05. The Balaban J connectivity index is 2.23. The standard InChI is InChI=1S/C12H18O/c1-12(2)6-5-9(8-13)7-11(12)10-3-4-10/h7-10H,3-6H2,1-2H3. The van der Waals surface area contributed by atoms with Crippen LogP contribution < -0.4 is 0 Å². The zero-order valence-electron chi connectivity index (χ0n) is 8.55. The summed E-state index contributed by atoms with van der Waals surface area (Å²) in [4.78, 5) is 10.7. The third-order valence-electron chi connectivity index (χ3n) is 3.47. The first-order chi connectivity index (χ1) is 6.13. The third-order valence-corrected chi connectivity index (χ3v) is 3.47. The molecule has 2 aliphatic carbocycles. The van der Waals surface area contributed by atoms with Gasteiger partial charge in [-0.1, -0.05) is 25.5 Å². The van der Waals surface area contributed by atoms with E-state index < -0.39 is 0 Å². The number of allylic oxidation sites excluding steroid dienone is 2. The van der Waals surface area contributed by atoms with Crippen LogP contribution in [0.2, 0.25) is 0 Å². The van der Waals surface area contributed by atoms with E-state index >= 15 is 0 Å². The quantitative estimate of drug-likeness (QED) is 0.469. The van der Waals surface area contributed by atoms with Crippen molar-refractivity contribution >= 4 is 6.29 Å². The van der Waals surface area contributed by atoms with Crippen LogP contribution >= 0.6 is 0 Å². The molecule has 2 aliphatic rings. The van der Waals surface area contributed by atoms with E-state index in [0.29, 0.717) is 5.41 Å². The lowest BCUT2D eigenvalue weighted by Crippen LogP contribution is -2.23. The molecule has 1 unspecified atom stereocenters. The van der Waals surface area contributed by atoms with E-state index in [-0.39, 0.29) is 5.92 Å². The predicted octanol–water partition coefficient (Wildman–Crippen LogP) is 2.96. The van der Waals surface area contributed by atoms with Crippen molar-refractivity contribution in [3.8, 4) is 0 Å². The SMILES string of the molecule is CC1(C)CCC(C=O)C=C1C1CC1. The number of hydrogen-bond donors (Lipinski definition) is 0. The highest BCUT2D eigenvalue weighted by Gasteiger charge is 2.38. The minimum Gasteiger partial charge on any atom is -0.303 e. The van der Waals surface area contributed by atoms with Crippen molar-refractivity contribution in [2.24, 2.45) is 17.3 Å². The molecule has 0 radical (unpaired) electrons. The molecular formula is C12H18O. The second-order valence-corrected chi connectivity index (χ2v) is 5.12. The summed E-state index contributed by atoms with van der Waals surface area (Å²) in [6.07, 6.45) is 8.28. The summed E-state index contributed by atoms with van der Waals surface area (Å²) >= 11 is 0. The van der Waals surface area contributed by atoms with E-state index in [1.165, 1.54) is 19.3 Å². The van der Waals surface area contributed by atoms with Gasteiger partial charge in [-0.15, -0.1) is 0 Å². The van der Waals surface area contributed by atoms with Gasteiger partial charge in [0.1, 0.15) is 6.29 Å². The van der Waals surface area contributed by atoms with Crippen molar-refractivity contribution in [1.82, 2.24) is 0 Å². The molecule has 0 aromatic heterocycles. The molecule has 0 N–H and O–H groups in total. The summed E-state index contributed by atoms with van der Waals surface area (Å²) in [6, 6.07) is 0. The molecule has 1 atom stereocenters. The summed E-state index contributed by atoms with van der Waals surface area (Å²) in [7, 11) is 0. The zero-order valence-corrected chi connectivity index (χ0v) is 8.55. The van der Waals surface area contributed by atoms with Gasteiger partial charge in [-0.2, -0.15) is 0 Å². The Morgan fingerprint density at radius 1 is 1.38 bits per heavy atom. The van der Waals surface area contributed by atoms with Crippen molar-refractivity contribution in [3.05, 3.63) is 11.6 Å². The molecule has 0 saturated heterocycles. The highest BCUT2D eigenvalue weighted by Crippen LogP contribution is 2.50. The summed E-state index contributed by atoms with van der Waals surface area (Å²) in [5, 5.41) is 0. The molecule has 13 heavy (non-hydrogen) atoms. The Labute approximate surface area is 80.2 Å². The van der Waals surface area contributed by atoms with Gasteiger partial charge in [-0.3, -0.25) is 0 Å². The number of carbonyl (C=O) groups excluding carboxylic acids is 1. The number of rotatable bonds is 2. The monoisotopic (exact) mass is 178 g/mol. The van der Waals surface area contributed by atoms with Crippen molar-refractivity contribution in [2.45, 2.75) is 39.5 Å². The zero-order chi connectivity index (χ0) is 9.47. The Morgan fingerprint density at radius 3 is 2.62 bits per heavy atom. The van der Waals surface area contributed by atoms with Crippen molar-refractivity contribution in [2.75, 3.05) is 0 Å². The number of carbonyl (C=O) groups is 1. The molecule has 0 heterocycles. The van der Waals surface area contributed by atoms with Gasteiger partial charge in [-0.05, 0) is 37.0 Å². The van der Waals surface area contributed by atoms with E-state index in [0.717, 1.165) is 18.6 Å². The van der Waals surface area contributed by atoms with Gasteiger partial charge < -0.3 is 4.79 Å². The first kappa shape index (κ1) is 8.98. The van der Waals surface area contributed by atoms with Crippen LogP contribution in [0.5, 0.6) is 0 Å². The van der Waals surface area contributed by atoms with Gasteiger partial charge in [-0.25, -0.2) is 0 Å². The van der Waals surface area contributed by atoms with Crippen LogP contribution in [0.4, 0.5) is 0 Å². The van der Waals surface area contributed by atoms with Gasteiger partial charge in [0.15, 0.2) is 0 Å². The molecule has 0 bridgehead atoms. The average Bonchev–Trinajstić information content (AvgIpc) is 2.87. The molecule has 0 amide bonds. The molecule has 1 fully saturated rings. The van der Waals surface area contributed by atoms with Crippen LogP contribution in [0.25, 0.3) is 0 Å². The lowest BCUT2D eigenvalue weighted by Gasteiger charge is -2.34. The average molecular weight is 178 g/mol. The minimum atomic E-state index is 0.212. The lowest BCUT2D eigenvalue weighted by atomic mass is 9.71. The molecule has 72 valence electrons. The minimum absolute atomic E-state index is 0.212. The largest absolute Gasteiger partial charge is 0.303 e. The van der Waals surface area contributed by atoms with E-state index in [1.807, 2.05) is 0 Å². The molecule has 1 nitrogen and oxygen atoms in total. The van der Waals surface area contributed by atoms with Gasteiger partial charge in [0.2, 0.25) is 0 Å². The normalized spacial score (nSPS) is 32.5. The molecule has 2 rings (SSSR count). The molecule has 1 saturated carbocycles. The first-order valence-corrected chi connectivity index (χ1v) is 5.31.